The molecule has 3 heterocycles. The Morgan fingerprint density at radius 2 is 2.00 bits per heavy atom. The van der Waals surface area contributed by atoms with Gasteiger partial charge in [0, 0.05) is 16.8 Å². The monoisotopic (exact) mass is 440 g/mol. The smallest absolute Gasteiger partial charge is 0.416 e. The Labute approximate surface area is 183 Å². The predicted molar refractivity (Wildman–Crippen MR) is 114 cm³/mol. The van der Waals surface area contributed by atoms with E-state index in [-0.39, 0.29) is 17.7 Å². The van der Waals surface area contributed by atoms with Gasteiger partial charge in [0.25, 0.3) is 0 Å². The molecular formula is C21H21ClN6O3. The van der Waals surface area contributed by atoms with E-state index in [1.165, 1.54) is 0 Å². The molecule has 1 saturated heterocycles. The highest BCUT2D eigenvalue weighted by Gasteiger charge is 2.54. The Balaban J connectivity index is 1.34. The number of cyclic esters (lactones) is 1. The molecule has 0 unspecified atom stereocenters. The average Bonchev–Trinajstić information content (AvgIpc) is 3.43. The van der Waals surface area contributed by atoms with Crippen LogP contribution < -0.4 is 10.2 Å². The fraction of sp³-hybridized carbons (Fsp3) is 0.381. The lowest BCUT2D eigenvalue weighted by atomic mass is 9.96. The van der Waals surface area contributed by atoms with Crippen LogP contribution >= 0.6 is 11.6 Å². The predicted octanol–water partition coefficient (Wildman–Crippen LogP) is 4.48. The third-order valence-electron chi connectivity index (χ3n) is 5.77. The molecule has 160 valence electrons. The molecule has 1 N–H and O–H groups in total. The van der Waals surface area contributed by atoms with Crippen molar-refractivity contribution in [3.8, 4) is 11.4 Å². The maximum atomic E-state index is 12.4. The zero-order valence-electron chi connectivity index (χ0n) is 17.1. The van der Waals surface area contributed by atoms with Crippen LogP contribution in [0.25, 0.3) is 11.4 Å². The van der Waals surface area contributed by atoms with E-state index in [9.17, 15) is 4.79 Å². The molecule has 1 saturated carbocycles. The van der Waals surface area contributed by atoms with E-state index in [1.54, 1.807) is 29.3 Å². The number of carbonyl (C=O) groups excluding carboxylic acids is 1. The summed E-state index contributed by atoms with van der Waals surface area (Å²) < 4.78 is 10.8. The number of carbonyl (C=O) groups is 1. The number of hydrogen-bond donors (Lipinski definition) is 1. The number of amides is 1. The van der Waals surface area contributed by atoms with E-state index in [2.05, 4.69) is 25.4 Å². The molecule has 2 atom stereocenters. The van der Waals surface area contributed by atoms with Crippen LogP contribution in [0, 0.1) is 5.92 Å². The summed E-state index contributed by atoms with van der Waals surface area (Å²) in [6, 6.07) is 8.57. The van der Waals surface area contributed by atoms with Gasteiger partial charge in [-0.15, -0.1) is 0 Å². The van der Waals surface area contributed by atoms with Crippen molar-refractivity contribution in [1.29, 1.82) is 0 Å². The van der Waals surface area contributed by atoms with E-state index in [4.69, 9.17) is 20.9 Å². The molecule has 2 aromatic heterocycles. The first-order valence-electron chi connectivity index (χ1n) is 10.1. The van der Waals surface area contributed by atoms with Crippen molar-refractivity contribution >= 4 is 29.5 Å². The fourth-order valence-electron chi connectivity index (χ4n) is 3.83. The Kier molecular flexibility index (Phi) is 4.77. The highest BCUT2D eigenvalue weighted by atomic mass is 35.5. The molecule has 0 radical (unpaired) electrons. The lowest BCUT2D eigenvalue weighted by Gasteiger charge is -2.31. The summed E-state index contributed by atoms with van der Waals surface area (Å²) >= 11 is 5.93. The van der Waals surface area contributed by atoms with E-state index in [1.807, 2.05) is 26.0 Å². The van der Waals surface area contributed by atoms with E-state index in [0.29, 0.717) is 41.0 Å². The van der Waals surface area contributed by atoms with Crippen molar-refractivity contribution in [2.75, 3.05) is 16.8 Å². The molecule has 1 aromatic carbocycles. The van der Waals surface area contributed by atoms with Crippen LogP contribution in [0.3, 0.4) is 0 Å². The quantitative estimate of drug-likeness (QED) is 0.598. The molecule has 0 spiro atoms. The summed E-state index contributed by atoms with van der Waals surface area (Å²) in [6.45, 7) is 4.28. The number of aromatic nitrogens is 4. The van der Waals surface area contributed by atoms with Crippen LogP contribution in [0.1, 0.15) is 38.6 Å². The summed E-state index contributed by atoms with van der Waals surface area (Å²) in [5.74, 6) is 2.15. The molecule has 1 amide bonds. The van der Waals surface area contributed by atoms with Gasteiger partial charge in [-0.2, -0.15) is 9.97 Å². The molecule has 1 aliphatic heterocycles. The van der Waals surface area contributed by atoms with Crippen LogP contribution in [-0.4, -0.2) is 38.3 Å². The SMILES string of the molecule is C[C@H](Nc1nccc(N2C(=O)OC[C@]2(C)C2CC2)n1)c1nc(-c2ccc(Cl)cc2)no1. The molecule has 2 fully saturated rings. The van der Waals surface area contributed by atoms with Crippen molar-refractivity contribution in [2.24, 2.45) is 5.92 Å². The molecule has 10 heteroatoms. The Morgan fingerprint density at radius 1 is 1.23 bits per heavy atom. The second kappa shape index (κ2) is 7.49. The Hall–Kier alpha value is -3.20. The van der Waals surface area contributed by atoms with Crippen LogP contribution in [0.5, 0.6) is 0 Å². The molecule has 1 aliphatic carbocycles. The van der Waals surface area contributed by atoms with Gasteiger partial charge < -0.3 is 14.6 Å². The minimum absolute atomic E-state index is 0.343. The number of halogens is 1. The number of rotatable bonds is 6. The lowest BCUT2D eigenvalue weighted by Crippen LogP contribution is -2.47. The highest BCUT2D eigenvalue weighted by molar-refractivity contribution is 6.30. The molecule has 31 heavy (non-hydrogen) atoms. The standard InChI is InChI=1S/C21H21ClN6O3/c1-12(18-26-17(27-31-18)13-3-7-15(22)8-4-13)24-19-23-10-9-16(25-19)28-20(29)30-11-21(28,2)14-5-6-14/h3-4,7-10,12,14H,5-6,11H2,1-2H3,(H,23,24,25)/t12-,21+/m0/s1. The van der Waals surface area contributed by atoms with E-state index >= 15 is 0 Å². The number of ether oxygens (including phenoxy) is 1. The van der Waals surface area contributed by atoms with Crippen molar-refractivity contribution in [3.05, 3.63) is 47.4 Å². The molecule has 5 rings (SSSR count). The summed E-state index contributed by atoms with van der Waals surface area (Å²) in [4.78, 5) is 27.3. The van der Waals surface area contributed by atoms with Crippen molar-refractivity contribution in [1.82, 2.24) is 20.1 Å². The number of nitrogens with zero attached hydrogens (tertiary/aromatic N) is 5. The fourth-order valence-corrected chi connectivity index (χ4v) is 3.96. The third-order valence-corrected chi connectivity index (χ3v) is 6.02. The number of benzene rings is 1. The van der Waals surface area contributed by atoms with Gasteiger partial charge in [-0.05, 0) is 62.9 Å². The van der Waals surface area contributed by atoms with Gasteiger partial charge in [-0.3, -0.25) is 4.90 Å². The van der Waals surface area contributed by atoms with Gasteiger partial charge in [0.15, 0.2) is 0 Å². The normalized spacial score (nSPS) is 21.8. The van der Waals surface area contributed by atoms with E-state index in [0.717, 1.165) is 18.4 Å². The maximum absolute atomic E-state index is 12.4. The highest BCUT2D eigenvalue weighted by Crippen LogP contribution is 2.47. The zero-order chi connectivity index (χ0) is 21.6. The largest absolute Gasteiger partial charge is 0.447 e. The summed E-state index contributed by atoms with van der Waals surface area (Å²) in [7, 11) is 0. The average molecular weight is 441 g/mol. The lowest BCUT2D eigenvalue weighted by molar-refractivity contribution is 0.172. The van der Waals surface area contributed by atoms with Crippen molar-refractivity contribution in [2.45, 2.75) is 38.3 Å². The van der Waals surface area contributed by atoms with Crippen molar-refractivity contribution in [3.63, 3.8) is 0 Å². The minimum atomic E-state index is -0.381. The Morgan fingerprint density at radius 3 is 2.74 bits per heavy atom. The van der Waals surface area contributed by atoms with Crippen LogP contribution in [0.2, 0.25) is 5.02 Å². The topological polar surface area (TPSA) is 106 Å². The van der Waals surface area contributed by atoms with Gasteiger partial charge in [0.1, 0.15) is 18.5 Å². The molecule has 2 aliphatic rings. The van der Waals surface area contributed by atoms with Crippen molar-refractivity contribution < 1.29 is 14.1 Å². The van der Waals surface area contributed by atoms with Gasteiger partial charge in [0.05, 0.1) is 5.54 Å². The minimum Gasteiger partial charge on any atom is -0.447 e. The van der Waals surface area contributed by atoms with E-state index < -0.39 is 0 Å². The van der Waals surface area contributed by atoms with Crippen LogP contribution in [0.15, 0.2) is 41.1 Å². The second-order valence-electron chi connectivity index (χ2n) is 8.09. The first-order chi connectivity index (χ1) is 14.9. The van der Waals surface area contributed by atoms with Crippen LogP contribution in [-0.2, 0) is 4.74 Å². The Bertz CT molecular complexity index is 1120. The van der Waals surface area contributed by atoms with Gasteiger partial charge >= 0.3 is 6.09 Å². The molecule has 9 nitrogen and oxygen atoms in total. The number of anilines is 2. The molecular weight excluding hydrogens is 420 g/mol. The number of nitrogens with one attached hydrogen (secondary N) is 1. The van der Waals surface area contributed by atoms with Crippen LogP contribution in [0.4, 0.5) is 16.6 Å². The second-order valence-corrected chi connectivity index (χ2v) is 8.53. The maximum Gasteiger partial charge on any atom is 0.416 e. The summed E-state index contributed by atoms with van der Waals surface area (Å²) in [6.07, 6.45) is 3.41. The molecule has 0 bridgehead atoms. The molecule has 3 aromatic rings. The summed E-state index contributed by atoms with van der Waals surface area (Å²) in [5, 5.41) is 7.84. The van der Waals surface area contributed by atoms with Gasteiger partial charge in [-0.1, -0.05) is 16.8 Å². The van der Waals surface area contributed by atoms with Gasteiger partial charge in [0.2, 0.25) is 17.7 Å². The first-order valence-corrected chi connectivity index (χ1v) is 10.5. The zero-order valence-corrected chi connectivity index (χ0v) is 17.8. The van der Waals surface area contributed by atoms with Gasteiger partial charge in [-0.25, -0.2) is 9.78 Å². The third kappa shape index (κ3) is 3.69. The summed E-state index contributed by atoms with van der Waals surface area (Å²) in [5.41, 5.74) is 0.422. The first kappa shape index (κ1) is 19.7. The number of hydrogen-bond acceptors (Lipinski definition) is 8.